The molecule has 4 rings (SSSR count). The predicted octanol–water partition coefficient (Wildman–Crippen LogP) is 4.05. The highest BCUT2D eigenvalue weighted by Gasteiger charge is 2.38. The molecule has 2 heterocycles. The fraction of sp³-hybridized carbons (Fsp3) is 0.174. The van der Waals surface area contributed by atoms with Gasteiger partial charge in [0.15, 0.2) is 0 Å². The number of nitrogens with one attached hydrogen (secondary N) is 1. The van der Waals surface area contributed by atoms with Gasteiger partial charge in [0.05, 0.1) is 6.21 Å². The van der Waals surface area contributed by atoms with Gasteiger partial charge in [-0.2, -0.15) is 10.1 Å². The van der Waals surface area contributed by atoms with Crippen molar-refractivity contribution in [3.8, 4) is 0 Å². The minimum Gasteiger partial charge on any atom is -0.361 e. The number of amides is 3. The van der Waals surface area contributed by atoms with Crippen LogP contribution in [0.15, 0.2) is 59.8 Å². The molecule has 0 radical (unpaired) electrons. The van der Waals surface area contributed by atoms with Crippen molar-refractivity contribution >= 4 is 63.8 Å². The van der Waals surface area contributed by atoms with Gasteiger partial charge in [0, 0.05) is 34.1 Å². The number of benzene rings is 2. The number of halogens is 1. The molecule has 162 valence electrons. The maximum Gasteiger partial charge on any atom is 0.258 e. The Kier molecular flexibility index (Phi) is 6.43. The average molecular weight is 467 g/mol. The van der Waals surface area contributed by atoms with Crippen LogP contribution >= 0.6 is 23.8 Å². The Labute approximate surface area is 194 Å². The van der Waals surface area contributed by atoms with Gasteiger partial charge in [0.2, 0.25) is 16.9 Å². The molecule has 1 aliphatic heterocycles. The zero-order chi connectivity index (χ0) is 22.7. The van der Waals surface area contributed by atoms with Gasteiger partial charge in [-0.1, -0.05) is 48.0 Å². The molecule has 0 aliphatic carbocycles. The molecule has 1 N–H and O–H groups in total. The van der Waals surface area contributed by atoms with Crippen LogP contribution in [-0.2, 0) is 20.8 Å². The van der Waals surface area contributed by atoms with Crippen molar-refractivity contribution in [1.29, 1.82) is 0 Å². The Morgan fingerprint density at radius 1 is 1.12 bits per heavy atom. The van der Waals surface area contributed by atoms with Crippen LogP contribution in [0, 0.1) is 0 Å². The third-order valence-corrected chi connectivity index (χ3v) is 5.84. The molecule has 1 fully saturated rings. The first-order valence-electron chi connectivity index (χ1n) is 10.0. The summed E-state index contributed by atoms with van der Waals surface area (Å²) in [5.41, 5.74) is 2.71. The zero-order valence-electron chi connectivity index (χ0n) is 17.0. The number of hydrazone groups is 1. The number of imide groups is 1. The number of aryl methyl sites for hydroxylation is 1. The molecule has 7 nitrogen and oxygen atoms in total. The van der Waals surface area contributed by atoms with E-state index < -0.39 is 24.1 Å². The van der Waals surface area contributed by atoms with Gasteiger partial charge < -0.3 is 4.98 Å². The molecule has 32 heavy (non-hydrogen) atoms. The van der Waals surface area contributed by atoms with Crippen molar-refractivity contribution in [3.63, 3.8) is 0 Å². The van der Waals surface area contributed by atoms with Gasteiger partial charge in [-0.15, -0.1) is 0 Å². The highest BCUT2D eigenvalue weighted by atomic mass is 35.5. The van der Waals surface area contributed by atoms with Gasteiger partial charge in [0.1, 0.15) is 6.42 Å². The summed E-state index contributed by atoms with van der Waals surface area (Å²) >= 11 is 11.4. The third kappa shape index (κ3) is 4.46. The summed E-state index contributed by atoms with van der Waals surface area (Å²) in [4.78, 5) is 41.6. The molecule has 9 heteroatoms. The minimum absolute atomic E-state index is 0.113. The molecule has 3 aromatic rings. The summed E-state index contributed by atoms with van der Waals surface area (Å²) in [6.07, 6.45) is 4.13. The van der Waals surface area contributed by atoms with Crippen LogP contribution in [0.1, 0.15) is 30.4 Å². The number of carbonyl (C=O) groups excluding carboxylic acids is 3. The van der Waals surface area contributed by atoms with Crippen molar-refractivity contribution in [2.24, 2.45) is 5.10 Å². The van der Waals surface area contributed by atoms with E-state index in [1.807, 2.05) is 30.5 Å². The van der Waals surface area contributed by atoms with Gasteiger partial charge in [-0.25, -0.2) is 4.90 Å². The standard InChI is InChI=1S/C23H19ClN4O3S/c24-18-9-3-1-6-16(18)14-26-28-22(31)12-21(30)27(23(28)32)20(29)11-5-7-15-13-25-19-10-4-2-8-17(15)19/h1-4,6,8-10,13-14,25H,5,7,11-12H2/b26-14+. The zero-order valence-corrected chi connectivity index (χ0v) is 18.5. The molecular weight excluding hydrogens is 448 g/mol. The first-order valence-corrected chi connectivity index (χ1v) is 10.8. The number of hydrogen-bond acceptors (Lipinski definition) is 5. The van der Waals surface area contributed by atoms with Crippen LogP contribution in [0.4, 0.5) is 0 Å². The van der Waals surface area contributed by atoms with E-state index in [1.54, 1.807) is 24.3 Å². The van der Waals surface area contributed by atoms with E-state index in [9.17, 15) is 14.4 Å². The average Bonchev–Trinajstić information content (AvgIpc) is 3.18. The molecule has 0 bridgehead atoms. The second kappa shape index (κ2) is 9.42. The Morgan fingerprint density at radius 3 is 2.69 bits per heavy atom. The highest BCUT2D eigenvalue weighted by Crippen LogP contribution is 2.21. The Morgan fingerprint density at radius 2 is 1.88 bits per heavy atom. The lowest BCUT2D eigenvalue weighted by molar-refractivity contribution is -0.146. The summed E-state index contributed by atoms with van der Waals surface area (Å²) in [7, 11) is 0. The number of fused-ring (bicyclic) bond motifs is 1. The summed E-state index contributed by atoms with van der Waals surface area (Å²) < 4.78 is 0. The number of aromatic amines is 1. The number of thiocarbonyl (C=S) groups is 1. The molecule has 0 saturated carbocycles. The number of hydrogen-bond donors (Lipinski definition) is 1. The summed E-state index contributed by atoms with van der Waals surface area (Å²) in [5, 5.41) is 6.30. The van der Waals surface area contributed by atoms with Crippen molar-refractivity contribution in [3.05, 3.63) is 70.9 Å². The van der Waals surface area contributed by atoms with E-state index in [0.29, 0.717) is 23.4 Å². The maximum atomic E-state index is 12.8. The van der Waals surface area contributed by atoms with Gasteiger partial charge in [-0.05, 0) is 42.8 Å². The van der Waals surface area contributed by atoms with Gasteiger partial charge >= 0.3 is 0 Å². The van der Waals surface area contributed by atoms with E-state index in [1.165, 1.54) is 6.21 Å². The Hall–Kier alpha value is -3.36. The largest absolute Gasteiger partial charge is 0.361 e. The lowest BCUT2D eigenvalue weighted by Gasteiger charge is -2.30. The van der Waals surface area contributed by atoms with Crippen LogP contribution < -0.4 is 0 Å². The first kappa shape index (κ1) is 21.9. The SMILES string of the molecule is O=C1CC(=O)N(C(=O)CCCc2c[nH]c3ccccc23)C(=S)N1/N=C/c1ccccc1Cl. The highest BCUT2D eigenvalue weighted by molar-refractivity contribution is 7.80. The quantitative estimate of drug-likeness (QED) is 0.337. The number of aromatic nitrogens is 1. The van der Waals surface area contributed by atoms with Crippen molar-refractivity contribution in [1.82, 2.24) is 14.9 Å². The fourth-order valence-electron chi connectivity index (χ4n) is 3.53. The summed E-state index contributed by atoms with van der Waals surface area (Å²) in [6.45, 7) is 0. The number of rotatable bonds is 6. The smallest absolute Gasteiger partial charge is 0.258 e. The molecule has 1 aromatic heterocycles. The Bertz CT molecular complexity index is 1250. The fourth-order valence-corrected chi connectivity index (χ4v) is 4.07. The second-order valence-corrected chi connectivity index (χ2v) is 8.04. The normalized spacial score (nSPS) is 14.7. The third-order valence-electron chi connectivity index (χ3n) is 5.14. The lowest BCUT2D eigenvalue weighted by atomic mass is 10.1. The summed E-state index contributed by atoms with van der Waals surface area (Å²) in [5.74, 6) is -1.68. The van der Waals surface area contributed by atoms with E-state index in [4.69, 9.17) is 23.8 Å². The predicted molar refractivity (Wildman–Crippen MR) is 126 cm³/mol. The van der Waals surface area contributed by atoms with Crippen LogP contribution in [0.25, 0.3) is 10.9 Å². The van der Waals surface area contributed by atoms with E-state index in [-0.39, 0.29) is 11.5 Å². The van der Waals surface area contributed by atoms with Gasteiger partial charge in [-0.3, -0.25) is 14.4 Å². The molecular formula is C23H19ClN4O3S. The van der Waals surface area contributed by atoms with Crippen LogP contribution in [0.2, 0.25) is 5.02 Å². The monoisotopic (exact) mass is 466 g/mol. The number of para-hydroxylation sites is 1. The molecule has 1 saturated heterocycles. The van der Waals surface area contributed by atoms with Crippen molar-refractivity contribution in [2.45, 2.75) is 25.7 Å². The lowest BCUT2D eigenvalue weighted by Crippen LogP contribution is -2.55. The molecule has 2 aromatic carbocycles. The molecule has 3 amide bonds. The molecule has 0 spiro atoms. The summed E-state index contributed by atoms with van der Waals surface area (Å²) in [6, 6.07) is 14.9. The number of nitrogens with zero attached hydrogens (tertiary/aromatic N) is 3. The van der Waals surface area contributed by atoms with Crippen molar-refractivity contribution < 1.29 is 14.4 Å². The molecule has 0 unspecified atom stereocenters. The second-order valence-electron chi connectivity index (χ2n) is 7.27. The van der Waals surface area contributed by atoms with Gasteiger partial charge in [0.25, 0.3) is 5.91 Å². The number of carbonyl (C=O) groups is 3. The van der Waals surface area contributed by atoms with Crippen molar-refractivity contribution in [2.75, 3.05) is 0 Å². The topological polar surface area (TPSA) is 85.8 Å². The van der Waals surface area contributed by atoms with E-state index in [2.05, 4.69) is 10.1 Å². The first-order chi connectivity index (χ1) is 15.5. The van der Waals surface area contributed by atoms with Crippen LogP contribution in [0.3, 0.4) is 0 Å². The van der Waals surface area contributed by atoms with Crippen LogP contribution in [0.5, 0.6) is 0 Å². The maximum absolute atomic E-state index is 12.8. The molecule has 1 aliphatic rings. The number of H-pyrrole nitrogens is 1. The van der Waals surface area contributed by atoms with E-state index >= 15 is 0 Å². The minimum atomic E-state index is -0.638. The molecule has 0 atom stereocenters. The van der Waals surface area contributed by atoms with E-state index in [0.717, 1.165) is 26.4 Å². The van der Waals surface area contributed by atoms with Crippen LogP contribution in [-0.4, -0.2) is 43.9 Å². The Balaban J connectivity index is 1.42.